The fraction of sp³-hybridized carbons (Fsp3) is 0.450. The van der Waals surface area contributed by atoms with Crippen LogP contribution in [-0.4, -0.2) is 48.2 Å². The van der Waals surface area contributed by atoms with Gasteiger partial charge in [0.05, 0.1) is 12.3 Å². The average molecular weight is 370 g/mol. The van der Waals surface area contributed by atoms with Crippen molar-refractivity contribution in [3.8, 4) is 11.4 Å². The summed E-state index contributed by atoms with van der Waals surface area (Å²) in [5.41, 5.74) is 1.22. The molecule has 1 N–H and O–H groups in total. The Labute approximate surface area is 157 Å². The lowest BCUT2D eigenvalue weighted by Gasteiger charge is -2.17. The molecule has 0 aliphatic carbocycles. The van der Waals surface area contributed by atoms with Gasteiger partial charge in [0.2, 0.25) is 0 Å². The molecule has 0 spiro atoms. The van der Waals surface area contributed by atoms with E-state index in [1.165, 1.54) is 6.20 Å². The fourth-order valence-electron chi connectivity index (χ4n) is 3.56. The highest BCUT2D eigenvalue weighted by molar-refractivity contribution is 5.95. The molecule has 3 heterocycles. The summed E-state index contributed by atoms with van der Waals surface area (Å²) in [6.07, 6.45) is 5.40. The van der Waals surface area contributed by atoms with Gasteiger partial charge in [-0.2, -0.15) is 0 Å². The van der Waals surface area contributed by atoms with E-state index < -0.39 is 5.82 Å². The molecule has 2 aromatic rings. The molecule has 1 aromatic heterocycles. The molecule has 1 unspecified atom stereocenters. The SMILES string of the molecule is O=C(NCC1CCCO1)c1cccc(-c2ncc(F)c(N3CCCC3)n2)c1. The Kier molecular flexibility index (Phi) is 5.29. The van der Waals surface area contributed by atoms with Crippen molar-refractivity contribution in [1.29, 1.82) is 0 Å². The van der Waals surface area contributed by atoms with E-state index in [0.29, 0.717) is 29.3 Å². The Balaban J connectivity index is 1.51. The zero-order valence-corrected chi connectivity index (χ0v) is 15.2. The number of aromatic nitrogens is 2. The van der Waals surface area contributed by atoms with Crippen LogP contribution >= 0.6 is 0 Å². The summed E-state index contributed by atoms with van der Waals surface area (Å²) in [6, 6.07) is 7.11. The minimum absolute atomic E-state index is 0.0978. The second-order valence-corrected chi connectivity index (χ2v) is 6.99. The monoisotopic (exact) mass is 370 g/mol. The van der Waals surface area contributed by atoms with Crippen molar-refractivity contribution >= 4 is 11.7 Å². The highest BCUT2D eigenvalue weighted by Crippen LogP contribution is 2.24. The molecule has 1 atom stereocenters. The quantitative estimate of drug-likeness (QED) is 0.877. The van der Waals surface area contributed by atoms with Gasteiger partial charge in [-0.1, -0.05) is 12.1 Å². The van der Waals surface area contributed by atoms with Crippen LogP contribution in [0.3, 0.4) is 0 Å². The van der Waals surface area contributed by atoms with Gasteiger partial charge in [-0.25, -0.2) is 14.4 Å². The van der Waals surface area contributed by atoms with E-state index in [-0.39, 0.29) is 12.0 Å². The van der Waals surface area contributed by atoms with Crippen molar-refractivity contribution in [1.82, 2.24) is 15.3 Å². The third kappa shape index (κ3) is 4.08. The van der Waals surface area contributed by atoms with E-state index in [4.69, 9.17) is 4.74 Å². The third-order valence-corrected chi connectivity index (χ3v) is 5.03. The van der Waals surface area contributed by atoms with Crippen molar-refractivity contribution < 1.29 is 13.9 Å². The van der Waals surface area contributed by atoms with Crippen LogP contribution < -0.4 is 10.2 Å². The molecule has 27 heavy (non-hydrogen) atoms. The molecule has 2 saturated heterocycles. The number of benzene rings is 1. The van der Waals surface area contributed by atoms with Crippen molar-refractivity contribution in [2.24, 2.45) is 0 Å². The maximum atomic E-state index is 14.2. The van der Waals surface area contributed by atoms with E-state index in [9.17, 15) is 9.18 Å². The fourth-order valence-corrected chi connectivity index (χ4v) is 3.56. The summed E-state index contributed by atoms with van der Waals surface area (Å²) >= 11 is 0. The predicted octanol–water partition coefficient (Wildman–Crippen LogP) is 2.79. The second kappa shape index (κ2) is 8.00. The van der Waals surface area contributed by atoms with Crippen molar-refractivity contribution in [3.05, 3.63) is 41.8 Å². The maximum absolute atomic E-state index is 14.2. The Hall–Kier alpha value is -2.54. The smallest absolute Gasteiger partial charge is 0.251 e. The molecule has 2 aliphatic rings. The van der Waals surface area contributed by atoms with Crippen molar-refractivity contribution in [3.63, 3.8) is 0 Å². The lowest BCUT2D eigenvalue weighted by molar-refractivity contribution is 0.0858. The van der Waals surface area contributed by atoms with E-state index in [1.807, 2.05) is 11.0 Å². The first kappa shape index (κ1) is 17.9. The van der Waals surface area contributed by atoms with Gasteiger partial charge >= 0.3 is 0 Å². The van der Waals surface area contributed by atoms with Crippen LogP contribution in [0.1, 0.15) is 36.0 Å². The van der Waals surface area contributed by atoms with Crippen LogP contribution in [0, 0.1) is 5.82 Å². The van der Waals surface area contributed by atoms with Gasteiger partial charge in [-0.3, -0.25) is 4.79 Å². The Bertz CT molecular complexity index is 817. The number of carbonyl (C=O) groups excluding carboxylic acids is 1. The molecule has 142 valence electrons. The maximum Gasteiger partial charge on any atom is 0.251 e. The number of hydrogen-bond donors (Lipinski definition) is 1. The summed E-state index contributed by atoms with van der Waals surface area (Å²) in [6.45, 7) is 2.88. The Morgan fingerprint density at radius 3 is 2.93 bits per heavy atom. The van der Waals surface area contributed by atoms with E-state index in [2.05, 4.69) is 15.3 Å². The molecular weight excluding hydrogens is 347 g/mol. The van der Waals surface area contributed by atoms with Gasteiger partial charge in [-0.15, -0.1) is 0 Å². The standard InChI is InChI=1S/C20H23FN4O2/c21-17-13-22-18(24-19(17)25-8-1-2-9-25)14-5-3-6-15(11-14)20(26)23-12-16-7-4-10-27-16/h3,5-6,11,13,16H,1-2,4,7-10,12H2,(H,23,26). The number of hydrogen-bond acceptors (Lipinski definition) is 5. The van der Waals surface area contributed by atoms with Gasteiger partial charge in [-0.05, 0) is 37.8 Å². The lowest BCUT2D eigenvalue weighted by Crippen LogP contribution is -2.31. The number of nitrogens with zero attached hydrogens (tertiary/aromatic N) is 3. The number of anilines is 1. The van der Waals surface area contributed by atoms with Crippen LogP contribution in [0.2, 0.25) is 0 Å². The van der Waals surface area contributed by atoms with Crippen molar-refractivity contribution in [2.45, 2.75) is 31.8 Å². The molecule has 0 bridgehead atoms. The number of ether oxygens (including phenoxy) is 1. The summed E-state index contributed by atoms with van der Waals surface area (Å²) in [5, 5.41) is 2.91. The van der Waals surface area contributed by atoms with E-state index in [0.717, 1.165) is 45.4 Å². The summed E-state index contributed by atoms with van der Waals surface area (Å²) < 4.78 is 19.7. The molecule has 0 saturated carbocycles. The largest absolute Gasteiger partial charge is 0.376 e. The van der Waals surface area contributed by atoms with Gasteiger partial charge in [0.1, 0.15) is 0 Å². The average Bonchev–Trinajstić information content (AvgIpc) is 3.40. The Morgan fingerprint density at radius 2 is 2.15 bits per heavy atom. The molecule has 2 aliphatic heterocycles. The van der Waals surface area contributed by atoms with Crippen LogP contribution in [0.25, 0.3) is 11.4 Å². The molecule has 1 amide bonds. The van der Waals surface area contributed by atoms with Gasteiger partial charge < -0.3 is 15.0 Å². The molecule has 7 heteroatoms. The normalized spacial score (nSPS) is 19.4. The van der Waals surface area contributed by atoms with Gasteiger partial charge in [0.15, 0.2) is 17.5 Å². The highest BCUT2D eigenvalue weighted by Gasteiger charge is 2.20. The third-order valence-electron chi connectivity index (χ3n) is 5.03. The molecule has 0 radical (unpaired) electrons. The molecular formula is C20H23FN4O2. The minimum atomic E-state index is -0.411. The van der Waals surface area contributed by atoms with E-state index in [1.54, 1.807) is 18.2 Å². The lowest BCUT2D eigenvalue weighted by atomic mass is 10.1. The number of nitrogens with one attached hydrogen (secondary N) is 1. The molecule has 6 nitrogen and oxygen atoms in total. The Morgan fingerprint density at radius 1 is 1.30 bits per heavy atom. The molecule has 4 rings (SSSR count). The predicted molar refractivity (Wildman–Crippen MR) is 100 cm³/mol. The van der Waals surface area contributed by atoms with Crippen LogP contribution in [0.5, 0.6) is 0 Å². The zero-order chi connectivity index (χ0) is 18.6. The number of amides is 1. The first-order valence-electron chi connectivity index (χ1n) is 9.48. The van der Waals surface area contributed by atoms with Crippen molar-refractivity contribution in [2.75, 3.05) is 31.1 Å². The van der Waals surface area contributed by atoms with Gasteiger partial charge in [0, 0.05) is 37.4 Å². The first-order valence-corrected chi connectivity index (χ1v) is 9.48. The summed E-state index contributed by atoms with van der Waals surface area (Å²) in [5.74, 6) is 0.193. The number of carbonyl (C=O) groups is 1. The zero-order valence-electron chi connectivity index (χ0n) is 15.2. The summed E-state index contributed by atoms with van der Waals surface area (Å²) in [7, 11) is 0. The number of halogens is 1. The topological polar surface area (TPSA) is 67.3 Å². The minimum Gasteiger partial charge on any atom is -0.376 e. The molecule has 1 aromatic carbocycles. The summed E-state index contributed by atoms with van der Waals surface area (Å²) in [4.78, 5) is 22.9. The second-order valence-electron chi connectivity index (χ2n) is 6.99. The number of rotatable bonds is 5. The van der Waals surface area contributed by atoms with Crippen LogP contribution in [-0.2, 0) is 4.74 Å². The highest BCUT2D eigenvalue weighted by atomic mass is 19.1. The van der Waals surface area contributed by atoms with Crippen LogP contribution in [0.15, 0.2) is 30.5 Å². The van der Waals surface area contributed by atoms with Gasteiger partial charge in [0.25, 0.3) is 5.91 Å². The van der Waals surface area contributed by atoms with E-state index >= 15 is 0 Å². The molecule has 2 fully saturated rings. The first-order chi connectivity index (χ1) is 13.2. The van der Waals surface area contributed by atoms with Crippen LogP contribution in [0.4, 0.5) is 10.2 Å².